The lowest BCUT2D eigenvalue weighted by molar-refractivity contribution is -0.133. The van der Waals surface area contributed by atoms with Crippen LogP contribution in [0, 0.1) is 6.92 Å². The lowest BCUT2D eigenvalue weighted by Gasteiger charge is -2.44. The van der Waals surface area contributed by atoms with Crippen LogP contribution in [0.15, 0.2) is 12.3 Å². The number of hydrogen-bond donors (Lipinski definition) is 1. The molecule has 0 saturated carbocycles. The number of aryl methyl sites for hydroxylation is 1. The van der Waals surface area contributed by atoms with Crippen LogP contribution in [0.5, 0.6) is 0 Å². The summed E-state index contributed by atoms with van der Waals surface area (Å²) in [5, 5.41) is 10.9. The van der Waals surface area contributed by atoms with E-state index < -0.39 is 5.60 Å². The van der Waals surface area contributed by atoms with E-state index in [2.05, 4.69) is 21.8 Å². The molecule has 1 aromatic heterocycles. The topological polar surface area (TPSA) is 69.6 Å². The molecule has 2 saturated heterocycles. The van der Waals surface area contributed by atoms with Crippen LogP contribution in [-0.4, -0.2) is 69.1 Å². The fourth-order valence-corrected chi connectivity index (χ4v) is 4.07. The van der Waals surface area contributed by atoms with Gasteiger partial charge in [0.05, 0.1) is 11.3 Å². The molecule has 0 unspecified atom stereocenters. The van der Waals surface area contributed by atoms with Gasteiger partial charge in [-0.3, -0.25) is 4.79 Å². The van der Waals surface area contributed by atoms with Crippen molar-refractivity contribution in [1.82, 2.24) is 19.8 Å². The summed E-state index contributed by atoms with van der Waals surface area (Å²) >= 11 is 0. The van der Waals surface area contributed by atoms with Gasteiger partial charge in [-0.1, -0.05) is 6.92 Å². The maximum absolute atomic E-state index is 11.5. The summed E-state index contributed by atoms with van der Waals surface area (Å²) in [6.45, 7) is 9.80. The molecule has 25 heavy (non-hydrogen) atoms. The number of rotatable bonds is 3. The van der Waals surface area contributed by atoms with Crippen LogP contribution >= 0.6 is 0 Å². The lowest BCUT2D eigenvalue weighted by atomic mass is 9.77. The third-order valence-electron chi connectivity index (χ3n) is 6.01. The molecule has 0 aliphatic carbocycles. The molecule has 3 rings (SSSR count). The molecule has 1 N–H and O–H groups in total. The highest BCUT2D eigenvalue weighted by molar-refractivity contribution is 5.73. The number of carbonyl (C=O) groups excluding carboxylic acids is 1. The van der Waals surface area contributed by atoms with Crippen molar-refractivity contribution >= 4 is 5.91 Å². The molecule has 138 valence electrons. The normalized spacial score (nSPS) is 23.4. The Morgan fingerprint density at radius 3 is 2.40 bits per heavy atom. The Morgan fingerprint density at radius 1 is 1.20 bits per heavy atom. The van der Waals surface area contributed by atoms with Gasteiger partial charge in [0.2, 0.25) is 5.91 Å². The van der Waals surface area contributed by atoms with E-state index in [1.54, 1.807) is 6.92 Å². The summed E-state index contributed by atoms with van der Waals surface area (Å²) < 4.78 is 0. The number of aliphatic hydroxyl groups is 1. The van der Waals surface area contributed by atoms with Gasteiger partial charge in [0.1, 0.15) is 5.82 Å². The second-order valence-electron chi connectivity index (χ2n) is 8.06. The molecule has 0 aromatic carbocycles. The molecule has 0 bridgehead atoms. The average molecular weight is 346 g/mol. The molecular weight excluding hydrogens is 316 g/mol. The molecule has 6 nitrogen and oxygen atoms in total. The van der Waals surface area contributed by atoms with Crippen LogP contribution in [0.1, 0.15) is 51.0 Å². The van der Waals surface area contributed by atoms with Crippen molar-refractivity contribution in [2.24, 2.45) is 0 Å². The van der Waals surface area contributed by atoms with Gasteiger partial charge in [-0.05, 0) is 51.8 Å². The van der Waals surface area contributed by atoms with E-state index in [0.717, 1.165) is 37.4 Å². The SMILES string of the molecule is CC(=O)N1CCC(O)(CN2CCC(C)(c3ccnc(C)n3)CC2)CC1. The quantitative estimate of drug-likeness (QED) is 0.898. The highest BCUT2D eigenvalue weighted by Gasteiger charge is 2.38. The summed E-state index contributed by atoms with van der Waals surface area (Å²) in [5.41, 5.74) is 0.559. The average Bonchev–Trinajstić information content (AvgIpc) is 2.57. The van der Waals surface area contributed by atoms with Crippen LogP contribution in [0.2, 0.25) is 0 Å². The smallest absolute Gasteiger partial charge is 0.219 e. The Morgan fingerprint density at radius 2 is 1.84 bits per heavy atom. The largest absolute Gasteiger partial charge is 0.388 e. The number of amides is 1. The summed E-state index contributed by atoms with van der Waals surface area (Å²) in [6, 6.07) is 2.04. The summed E-state index contributed by atoms with van der Waals surface area (Å²) in [5.74, 6) is 0.934. The van der Waals surface area contributed by atoms with Crippen LogP contribution in [0.3, 0.4) is 0 Å². The number of nitrogens with zero attached hydrogens (tertiary/aromatic N) is 4. The van der Waals surface area contributed by atoms with Crippen molar-refractivity contribution in [2.75, 3.05) is 32.7 Å². The highest BCUT2D eigenvalue weighted by Crippen LogP contribution is 2.35. The van der Waals surface area contributed by atoms with Gasteiger partial charge < -0.3 is 14.9 Å². The molecule has 0 spiro atoms. The first-order chi connectivity index (χ1) is 11.8. The lowest BCUT2D eigenvalue weighted by Crippen LogP contribution is -2.54. The van der Waals surface area contributed by atoms with Gasteiger partial charge in [-0.15, -0.1) is 0 Å². The van der Waals surface area contributed by atoms with Crippen LogP contribution in [0.25, 0.3) is 0 Å². The molecule has 2 aliphatic rings. The predicted octanol–water partition coefficient (Wildman–Crippen LogP) is 1.51. The second-order valence-corrected chi connectivity index (χ2v) is 8.06. The first-order valence-corrected chi connectivity index (χ1v) is 9.30. The maximum Gasteiger partial charge on any atom is 0.219 e. The van der Waals surface area contributed by atoms with E-state index in [4.69, 9.17) is 0 Å². The van der Waals surface area contributed by atoms with Gasteiger partial charge in [-0.25, -0.2) is 9.97 Å². The molecule has 1 aromatic rings. The van der Waals surface area contributed by atoms with Crippen LogP contribution in [0.4, 0.5) is 0 Å². The number of β-amino-alcohol motifs (C(OH)–C–C–N with tert-alkyl or cyclic N) is 1. The van der Waals surface area contributed by atoms with E-state index >= 15 is 0 Å². The van der Waals surface area contributed by atoms with Crippen molar-refractivity contribution in [2.45, 2.75) is 57.5 Å². The minimum atomic E-state index is -0.662. The van der Waals surface area contributed by atoms with Crippen molar-refractivity contribution in [1.29, 1.82) is 0 Å². The maximum atomic E-state index is 11.5. The Kier molecular flexibility index (Phi) is 5.11. The fraction of sp³-hybridized carbons (Fsp3) is 0.737. The van der Waals surface area contributed by atoms with E-state index in [0.29, 0.717) is 32.5 Å². The summed E-state index contributed by atoms with van der Waals surface area (Å²) in [4.78, 5) is 24.5. The second kappa shape index (κ2) is 7.00. The van der Waals surface area contributed by atoms with E-state index in [9.17, 15) is 9.90 Å². The zero-order chi connectivity index (χ0) is 18.1. The fourth-order valence-electron chi connectivity index (χ4n) is 4.07. The molecule has 3 heterocycles. The van der Waals surface area contributed by atoms with Crippen molar-refractivity contribution < 1.29 is 9.90 Å². The van der Waals surface area contributed by atoms with Gasteiger partial charge in [0.25, 0.3) is 0 Å². The van der Waals surface area contributed by atoms with Gasteiger partial charge >= 0.3 is 0 Å². The molecule has 0 atom stereocenters. The molecule has 6 heteroatoms. The first-order valence-electron chi connectivity index (χ1n) is 9.30. The Balaban J connectivity index is 1.55. The number of carbonyl (C=O) groups is 1. The third kappa shape index (κ3) is 4.18. The van der Waals surface area contributed by atoms with E-state index in [-0.39, 0.29) is 11.3 Å². The Labute approximate surface area is 150 Å². The molecule has 0 radical (unpaired) electrons. The number of hydrogen-bond acceptors (Lipinski definition) is 5. The monoisotopic (exact) mass is 346 g/mol. The number of likely N-dealkylation sites (tertiary alicyclic amines) is 2. The van der Waals surface area contributed by atoms with Crippen molar-refractivity contribution in [3.63, 3.8) is 0 Å². The summed E-state index contributed by atoms with van der Waals surface area (Å²) in [7, 11) is 0. The molecule has 2 aliphatic heterocycles. The van der Waals surface area contributed by atoms with Gasteiger partial charge in [0, 0.05) is 38.2 Å². The number of piperidine rings is 2. The minimum Gasteiger partial charge on any atom is -0.388 e. The van der Waals surface area contributed by atoms with Crippen LogP contribution < -0.4 is 0 Å². The van der Waals surface area contributed by atoms with Gasteiger partial charge in [0.15, 0.2) is 0 Å². The zero-order valence-electron chi connectivity index (χ0n) is 15.7. The predicted molar refractivity (Wildman–Crippen MR) is 96.2 cm³/mol. The van der Waals surface area contributed by atoms with E-state index in [1.165, 1.54) is 0 Å². The van der Waals surface area contributed by atoms with Crippen molar-refractivity contribution in [3.8, 4) is 0 Å². The van der Waals surface area contributed by atoms with E-state index in [1.807, 2.05) is 24.1 Å². The number of aromatic nitrogens is 2. The van der Waals surface area contributed by atoms with Crippen LogP contribution in [-0.2, 0) is 10.2 Å². The van der Waals surface area contributed by atoms with Gasteiger partial charge in [-0.2, -0.15) is 0 Å². The molecule has 1 amide bonds. The Bertz CT molecular complexity index is 618. The third-order valence-corrected chi connectivity index (χ3v) is 6.01. The standard InChI is InChI=1S/C19H30N4O2/c1-15-20-9-4-17(21-15)18(3)5-10-22(11-6-18)14-19(25)7-12-23(13-8-19)16(2)24/h4,9,25H,5-8,10-14H2,1-3H3. The Hall–Kier alpha value is -1.53. The molecule has 2 fully saturated rings. The molecular formula is C19H30N4O2. The highest BCUT2D eigenvalue weighted by atomic mass is 16.3. The summed E-state index contributed by atoms with van der Waals surface area (Å²) in [6.07, 6.45) is 5.27. The van der Waals surface area contributed by atoms with Crippen molar-refractivity contribution in [3.05, 3.63) is 23.8 Å². The minimum absolute atomic E-state index is 0.0881. The zero-order valence-corrected chi connectivity index (χ0v) is 15.7. The first kappa shape index (κ1) is 18.3.